The lowest BCUT2D eigenvalue weighted by Crippen LogP contribution is -2.41. The van der Waals surface area contributed by atoms with Crippen LogP contribution in [0.5, 0.6) is 0 Å². The number of sulfonamides is 1. The van der Waals surface area contributed by atoms with Gasteiger partial charge in [-0.25, -0.2) is 13.1 Å². The number of halogens is 1. The predicted octanol–water partition coefficient (Wildman–Crippen LogP) is 0.338. The minimum absolute atomic E-state index is 0. The quantitative estimate of drug-likeness (QED) is 0.731. The highest BCUT2D eigenvalue weighted by Crippen LogP contribution is 2.22. The second-order valence-electron chi connectivity index (χ2n) is 5.77. The zero-order chi connectivity index (χ0) is 14.6. The van der Waals surface area contributed by atoms with Gasteiger partial charge in [-0.1, -0.05) is 0 Å². The van der Waals surface area contributed by atoms with E-state index in [2.05, 4.69) is 10.0 Å². The number of nitrogens with one attached hydrogen (secondary N) is 2. The summed E-state index contributed by atoms with van der Waals surface area (Å²) in [7, 11) is -1.83. The van der Waals surface area contributed by atoms with Crippen LogP contribution in [-0.2, 0) is 14.8 Å². The molecule has 2 fully saturated rings. The van der Waals surface area contributed by atoms with E-state index in [0.29, 0.717) is 18.9 Å². The standard InChI is InChI=1S/C13H25N3O3S.ClH/c1-14-20(18,19)10-12-3-2-8-16(12)13(17)5-4-11-6-7-15-9-11;/h11-12,14-15H,2-10H2,1H3;1H. The van der Waals surface area contributed by atoms with Crippen LogP contribution in [0.2, 0.25) is 0 Å². The molecule has 0 aromatic rings. The summed E-state index contributed by atoms with van der Waals surface area (Å²) in [6, 6.07) is -0.151. The average molecular weight is 340 g/mol. The fourth-order valence-electron chi connectivity index (χ4n) is 3.11. The Bertz CT molecular complexity index is 438. The fourth-order valence-corrected chi connectivity index (χ4v) is 4.13. The second kappa shape index (κ2) is 8.31. The summed E-state index contributed by atoms with van der Waals surface area (Å²) in [6.45, 7) is 2.75. The molecule has 6 nitrogen and oxygen atoms in total. The lowest BCUT2D eigenvalue weighted by Gasteiger charge is -2.25. The van der Waals surface area contributed by atoms with E-state index in [0.717, 1.165) is 38.8 Å². The maximum absolute atomic E-state index is 12.3. The van der Waals surface area contributed by atoms with Gasteiger partial charge in [0.25, 0.3) is 0 Å². The topological polar surface area (TPSA) is 78.5 Å². The molecular weight excluding hydrogens is 314 g/mol. The van der Waals surface area contributed by atoms with E-state index < -0.39 is 10.0 Å². The van der Waals surface area contributed by atoms with Crippen molar-refractivity contribution in [2.45, 2.75) is 38.1 Å². The van der Waals surface area contributed by atoms with Gasteiger partial charge in [0.1, 0.15) is 0 Å². The number of nitrogens with zero attached hydrogens (tertiary/aromatic N) is 1. The van der Waals surface area contributed by atoms with Crippen LogP contribution < -0.4 is 10.0 Å². The molecular formula is C13H26ClN3O3S. The van der Waals surface area contributed by atoms with E-state index in [1.54, 1.807) is 4.90 Å². The molecule has 0 aromatic heterocycles. The molecule has 1 amide bonds. The Morgan fingerprint density at radius 2 is 2.14 bits per heavy atom. The van der Waals surface area contributed by atoms with Gasteiger partial charge < -0.3 is 10.2 Å². The fraction of sp³-hybridized carbons (Fsp3) is 0.923. The predicted molar refractivity (Wildman–Crippen MR) is 85.0 cm³/mol. The van der Waals surface area contributed by atoms with E-state index in [9.17, 15) is 13.2 Å². The van der Waals surface area contributed by atoms with E-state index >= 15 is 0 Å². The van der Waals surface area contributed by atoms with E-state index in [1.165, 1.54) is 7.05 Å². The molecule has 2 heterocycles. The number of carbonyl (C=O) groups excluding carboxylic acids is 1. The first-order valence-electron chi connectivity index (χ1n) is 7.43. The molecule has 124 valence electrons. The van der Waals surface area contributed by atoms with Crippen molar-refractivity contribution >= 4 is 28.3 Å². The van der Waals surface area contributed by atoms with Crippen molar-refractivity contribution in [1.29, 1.82) is 0 Å². The van der Waals surface area contributed by atoms with E-state index in [4.69, 9.17) is 0 Å². The van der Waals surface area contributed by atoms with Crippen molar-refractivity contribution in [2.24, 2.45) is 5.92 Å². The van der Waals surface area contributed by atoms with Crippen LogP contribution in [0.25, 0.3) is 0 Å². The number of hydrogen-bond donors (Lipinski definition) is 2. The first kappa shape index (κ1) is 18.7. The van der Waals surface area contributed by atoms with Gasteiger partial charge >= 0.3 is 0 Å². The van der Waals surface area contributed by atoms with Gasteiger partial charge in [0.15, 0.2) is 0 Å². The first-order chi connectivity index (χ1) is 9.52. The van der Waals surface area contributed by atoms with Gasteiger partial charge in [-0.15, -0.1) is 12.4 Å². The monoisotopic (exact) mass is 339 g/mol. The molecule has 0 radical (unpaired) electrons. The Morgan fingerprint density at radius 3 is 2.76 bits per heavy atom. The minimum Gasteiger partial charge on any atom is -0.339 e. The van der Waals surface area contributed by atoms with Gasteiger partial charge in [0.2, 0.25) is 15.9 Å². The number of carbonyl (C=O) groups is 1. The van der Waals surface area contributed by atoms with Crippen molar-refractivity contribution in [1.82, 2.24) is 14.9 Å². The molecule has 2 aliphatic rings. The number of rotatable bonds is 6. The third-order valence-corrected chi connectivity index (χ3v) is 5.79. The van der Waals surface area contributed by atoms with Crippen LogP contribution in [0.4, 0.5) is 0 Å². The smallest absolute Gasteiger partial charge is 0.222 e. The molecule has 8 heteroatoms. The zero-order valence-corrected chi connectivity index (χ0v) is 14.1. The van der Waals surface area contributed by atoms with Crippen LogP contribution in [0.15, 0.2) is 0 Å². The average Bonchev–Trinajstić information content (AvgIpc) is 3.06. The van der Waals surface area contributed by atoms with Crippen LogP contribution in [0, 0.1) is 5.92 Å². The first-order valence-corrected chi connectivity index (χ1v) is 9.08. The van der Waals surface area contributed by atoms with Crippen molar-refractivity contribution < 1.29 is 13.2 Å². The number of likely N-dealkylation sites (tertiary alicyclic amines) is 1. The van der Waals surface area contributed by atoms with Crippen LogP contribution in [0.3, 0.4) is 0 Å². The SMILES string of the molecule is CNS(=O)(=O)CC1CCCN1C(=O)CCC1CCNC1.Cl. The molecule has 0 bridgehead atoms. The van der Waals surface area contributed by atoms with Crippen LogP contribution in [-0.4, -0.2) is 57.7 Å². The van der Waals surface area contributed by atoms with Crippen LogP contribution >= 0.6 is 12.4 Å². The number of amides is 1. The highest BCUT2D eigenvalue weighted by Gasteiger charge is 2.32. The Kier molecular flexibility index (Phi) is 7.39. The summed E-state index contributed by atoms with van der Waals surface area (Å²) >= 11 is 0. The Labute approximate surface area is 133 Å². The molecule has 21 heavy (non-hydrogen) atoms. The van der Waals surface area contributed by atoms with Crippen molar-refractivity contribution in [2.75, 3.05) is 32.4 Å². The molecule has 0 aromatic carbocycles. The number of hydrogen-bond acceptors (Lipinski definition) is 4. The third kappa shape index (κ3) is 5.39. The molecule has 2 N–H and O–H groups in total. The van der Waals surface area contributed by atoms with Gasteiger partial charge in [-0.2, -0.15) is 0 Å². The molecule has 0 saturated carbocycles. The molecule has 2 aliphatic heterocycles. The molecule has 2 unspecified atom stereocenters. The van der Waals surface area contributed by atoms with Crippen LogP contribution in [0.1, 0.15) is 32.1 Å². The summed E-state index contributed by atoms with van der Waals surface area (Å²) in [5.74, 6) is 0.743. The third-order valence-electron chi connectivity index (χ3n) is 4.35. The molecule has 2 atom stereocenters. The van der Waals surface area contributed by atoms with Crippen molar-refractivity contribution in [3.63, 3.8) is 0 Å². The molecule has 0 spiro atoms. The normalized spacial score (nSPS) is 25.9. The minimum atomic E-state index is -3.25. The van der Waals surface area contributed by atoms with Gasteiger partial charge in [-0.05, 0) is 51.7 Å². The van der Waals surface area contributed by atoms with Gasteiger partial charge in [-0.3, -0.25) is 4.79 Å². The summed E-state index contributed by atoms with van der Waals surface area (Å²) in [5.41, 5.74) is 0. The highest BCUT2D eigenvalue weighted by atomic mass is 35.5. The summed E-state index contributed by atoms with van der Waals surface area (Å²) < 4.78 is 25.6. The highest BCUT2D eigenvalue weighted by molar-refractivity contribution is 7.89. The molecule has 2 rings (SSSR count). The summed E-state index contributed by atoms with van der Waals surface area (Å²) in [6.07, 6.45) is 4.29. The molecule has 0 aliphatic carbocycles. The van der Waals surface area contributed by atoms with E-state index in [-0.39, 0.29) is 30.1 Å². The Balaban J connectivity index is 0.00000220. The largest absolute Gasteiger partial charge is 0.339 e. The van der Waals surface area contributed by atoms with Gasteiger partial charge in [0.05, 0.1) is 5.75 Å². The van der Waals surface area contributed by atoms with Crippen molar-refractivity contribution in [3.05, 3.63) is 0 Å². The molecule has 2 saturated heterocycles. The second-order valence-corrected chi connectivity index (χ2v) is 7.74. The van der Waals surface area contributed by atoms with E-state index in [1.807, 2.05) is 0 Å². The zero-order valence-electron chi connectivity index (χ0n) is 12.5. The lowest BCUT2D eigenvalue weighted by molar-refractivity contribution is -0.131. The lowest BCUT2D eigenvalue weighted by atomic mass is 10.0. The summed E-state index contributed by atoms with van der Waals surface area (Å²) in [4.78, 5) is 14.1. The van der Waals surface area contributed by atoms with Crippen molar-refractivity contribution in [3.8, 4) is 0 Å². The maximum Gasteiger partial charge on any atom is 0.222 e. The van der Waals surface area contributed by atoms with Gasteiger partial charge in [0, 0.05) is 19.0 Å². The maximum atomic E-state index is 12.3. The summed E-state index contributed by atoms with van der Waals surface area (Å²) in [5, 5.41) is 3.30. The Hall–Kier alpha value is -0.370. The Morgan fingerprint density at radius 1 is 1.38 bits per heavy atom.